The van der Waals surface area contributed by atoms with E-state index in [0.717, 1.165) is 43.8 Å². The molecule has 0 fully saturated rings. The fourth-order valence-corrected chi connectivity index (χ4v) is 8.17. The first-order chi connectivity index (χ1) is 26.0. The number of rotatable bonds is 44. The summed E-state index contributed by atoms with van der Waals surface area (Å²) in [5, 5.41) is 0. The summed E-state index contributed by atoms with van der Waals surface area (Å²) in [7, 11) is 4.44. The summed E-state index contributed by atoms with van der Waals surface area (Å²) >= 11 is 0. The maximum Gasteiger partial charge on any atom is 0.305 e. The second kappa shape index (κ2) is 42.5. The zero-order valence-corrected chi connectivity index (χ0v) is 37.5. The SMILES string of the molecule is CCCCCC(CCCCC)CCOCCCCCCCCCC(CCCCCCCCC(=O)OCCC(CCCCC)CCCCC)CCN(C)C. The molecule has 4 nitrogen and oxygen atoms in total. The highest BCUT2D eigenvalue weighted by Gasteiger charge is 2.12. The Labute approximate surface area is 334 Å². The van der Waals surface area contributed by atoms with Gasteiger partial charge in [0.05, 0.1) is 6.61 Å². The van der Waals surface area contributed by atoms with Gasteiger partial charge in [-0.2, -0.15) is 0 Å². The molecule has 53 heavy (non-hydrogen) atoms. The average molecular weight is 750 g/mol. The van der Waals surface area contributed by atoms with E-state index in [9.17, 15) is 4.79 Å². The van der Waals surface area contributed by atoms with E-state index in [0.29, 0.717) is 13.0 Å². The summed E-state index contributed by atoms with van der Waals surface area (Å²) in [5.74, 6) is 2.55. The van der Waals surface area contributed by atoms with Crippen molar-refractivity contribution in [3.63, 3.8) is 0 Å². The summed E-state index contributed by atoms with van der Waals surface area (Å²) in [4.78, 5) is 14.7. The summed E-state index contributed by atoms with van der Waals surface area (Å²) in [6.07, 6.45) is 45.8. The van der Waals surface area contributed by atoms with Crippen molar-refractivity contribution in [3.8, 4) is 0 Å². The number of ether oxygens (including phenoxy) is 2. The Morgan fingerprint density at radius 1 is 0.396 bits per heavy atom. The van der Waals surface area contributed by atoms with Crippen LogP contribution in [0.1, 0.15) is 252 Å². The van der Waals surface area contributed by atoms with Crippen molar-refractivity contribution in [3.05, 3.63) is 0 Å². The molecule has 1 atom stereocenters. The number of nitrogens with zero attached hydrogens (tertiary/aromatic N) is 1. The minimum atomic E-state index is 0.0317. The highest BCUT2D eigenvalue weighted by molar-refractivity contribution is 5.69. The molecule has 0 radical (unpaired) electrons. The minimum absolute atomic E-state index is 0.0317. The lowest BCUT2D eigenvalue weighted by Gasteiger charge is -2.19. The number of unbranched alkanes of at least 4 members (excludes halogenated alkanes) is 19. The van der Waals surface area contributed by atoms with Gasteiger partial charge in [-0.15, -0.1) is 0 Å². The van der Waals surface area contributed by atoms with Gasteiger partial charge in [-0.25, -0.2) is 0 Å². The highest BCUT2D eigenvalue weighted by Crippen LogP contribution is 2.24. The molecular formula is C49H99NO3. The van der Waals surface area contributed by atoms with E-state index in [4.69, 9.17) is 9.47 Å². The molecule has 0 saturated heterocycles. The van der Waals surface area contributed by atoms with Gasteiger partial charge in [-0.3, -0.25) is 4.79 Å². The largest absolute Gasteiger partial charge is 0.466 e. The van der Waals surface area contributed by atoms with Gasteiger partial charge < -0.3 is 14.4 Å². The van der Waals surface area contributed by atoms with Gasteiger partial charge in [0.15, 0.2) is 0 Å². The zero-order valence-electron chi connectivity index (χ0n) is 37.5. The Morgan fingerprint density at radius 3 is 1.19 bits per heavy atom. The lowest BCUT2D eigenvalue weighted by atomic mass is 9.91. The first kappa shape index (κ1) is 52.4. The van der Waals surface area contributed by atoms with Crippen LogP contribution in [0.2, 0.25) is 0 Å². The van der Waals surface area contributed by atoms with Crippen LogP contribution in [0.4, 0.5) is 0 Å². The van der Waals surface area contributed by atoms with Crippen LogP contribution >= 0.6 is 0 Å². The first-order valence-corrected chi connectivity index (χ1v) is 24.3. The smallest absolute Gasteiger partial charge is 0.305 e. The Morgan fingerprint density at radius 2 is 0.755 bits per heavy atom. The fourth-order valence-electron chi connectivity index (χ4n) is 8.17. The molecule has 0 aliphatic heterocycles. The molecule has 318 valence electrons. The van der Waals surface area contributed by atoms with E-state index >= 15 is 0 Å². The third-order valence-electron chi connectivity index (χ3n) is 12.0. The van der Waals surface area contributed by atoms with Crippen LogP contribution in [0.5, 0.6) is 0 Å². The molecular weight excluding hydrogens is 651 g/mol. The molecule has 4 heteroatoms. The van der Waals surface area contributed by atoms with E-state index in [1.54, 1.807) is 0 Å². The standard InChI is InChI=1S/C49H99NO3/c1-7-11-24-32-47(33-25-12-8-2)40-44-52-43-31-23-19-15-16-20-28-36-46(39-42-50(5)6)37-29-21-17-18-22-30-38-49(51)53-45-41-48(34-26-13-9-3)35-27-14-10-4/h46-48H,7-45H2,1-6H3. The Bertz CT molecular complexity index is 692. The Kier molecular flexibility index (Phi) is 42.0. The molecule has 0 aromatic rings. The van der Waals surface area contributed by atoms with Crippen molar-refractivity contribution >= 4 is 5.97 Å². The Balaban J connectivity index is 3.91. The third kappa shape index (κ3) is 39.4. The van der Waals surface area contributed by atoms with Gasteiger partial charge in [0.2, 0.25) is 0 Å². The second-order valence-corrected chi connectivity index (χ2v) is 17.5. The molecule has 0 heterocycles. The molecule has 0 aromatic heterocycles. The summed E-state index contributed by atoms with van der Waals surface area (Å²) in [6, 6.07) is 0. The number of esters is 1. The molecule has 0 bridgehead atoms. The average Bonchev–Trinajstić information content (AvgIpc) is 3.14. The van der Waals surface area contributed by atoms with Crippen LogP contribution in [0.15, 0.2) is 0 Å². The van der Waals surface area contributed by atoms with E-state index in [2.05, 4.69) is 46.7 Å². The zero-order chi connectivity index (χ0) is 38.9. The monoisotopic (exact) mass is 750 g/mol. The highest BCUT2D eigenvalue weighted by atomic mass is 16.5. The number of hydrogen-bond acceptors (Lipinski definition) is 4. The second-order valence-electron chi connectivity index (χ2n) is 17.5. The van der Waals surface area contributed by atoms with Crippen molar-refractivity contribution in [2.24, 2.45) is 17.8 Å². The van der Waals surface area contributed by atoms with E-state index in [1.165, 1.54) is 212 Å². The molecule has 0 N–H and O–H groups in total. The third-order valence-corrected chi connectivity index (χ3v) is 12.0. The van der Waals surface area contributed by atoms with Crippen molar-refractivity contribution in [2.75, 3.05) is 40.5 Å². The minimum Gasteiger partial charge on any atom is -0.466 e. The van der Waals surface area contributed by atoms with Crippen molar-refractivity contribution < 1.29 is 14.3 Å². The molecule has 0 aliphatic carbocycles. The van der Waals surface area contributed by atoms with Crippen LogP contribution in [0.3, 0.4) is 0 Å². The van der Waals surface area contributed by atoms with Crippen LogP contribution < -0.4 is 0 Å². The summed E-state index contributed by atoms with van der Waals surface area (Å²) in [5.41, 5.74) is 0. The van der Waals surface area contributed by atoms with E-state index in [1.807, 2.05) is 0 Å². The molecule has 0 rings (SSSR count). The first-order valence-electron chi connectivity index (χ1n) is 24.3. The van der Waals surface area contributed by atoms with Crippen LogP contribution in [0.25, 0.3) is 0 Å². The lowest BCUT2D eigenvalue weighted by Crippen LogP contribution is -2.17. The van der Waals surface area contributed by atoms with Gasteiger partial charge in [0, 0.05) is 19.6 Å². The van der Waals surface area contributed by atoms with E-state index in [-0.39, 0.29) is 5.97 Å². The molecule has 0 amide bonds. The van der Waals surface area contributed by atoms with Gasteiger partial charge in [-0.1, -0.05) is 214 Å². The maximum absolute atomic E-state index is 12.3. The van der Waals surface area contributed by atoms with Crippen molar-refractivity contribution in [1.82, 2.24) is 4.90 Å². The van der Waals surface area contributed by atoms with Gasteiger partial charge in [0.1, 0.15) is 0 Å². The predicted octanol–water partition coefficient (Wildman–Crippen LogP) is 15.7. The molecule has 0 aliphatic rings. The van der Waals surface area contributed by atoms with Gasteiger partial charge in [0.25, 0.3) is 0 Å². The maximum atomic E-state index is 12.3. The van der Waals surface area contributed by atoms with Crippen LogP contribution in [-0.4, -0.2) is 51.3 Å². The van der Waals surface area contributed by atoms with E-state index < -0.39 is 0 Å². The van der Waals surface area contributed by atoms with Crippen molar-refractivity contribution in [1.29, 1.82) is 0 Å². The molecule has 1 unspecified atom stereocenters. The molecule has 0 aromatic carbocycles. The normalized spacial score (nSPS) is 12.5. The predicted molar refractivity (Wildman–Crippen MR) is 235 cm³/mol. The van der Waals surface area contributed by atoms with Crippen LogP contribution in [0, 0.1) is 17.8 Å². The van der Waals surface area contributed by atoms with Crippen molar-refractivity contribution in [2.45, 2.75) is 252 Å². The molecule has 0 spiro atoms. The Hall–Kier alpha value is -0.610. The summed E-state index contributed by atoms with van der Waals surface area (Å²) < 4.78 is 11.7. The topological polar surface area (TPSA) is 38.8 Å². The lowest BCUT2D eigenvalue weighted by molar-refractivity contribution is -0.144. The summed E-state index contributed by atoms with van der Waals surface area (Å²) in [6.45, 7) is 13.0. The number of carbonyl (C=O) groups excluding carboxylic acids is 1. The number of carbonyl (C=O) groups is 1. The quantitative estimate of drug-likeness (QED) is 0.0459. The fraction of sp³-hybridized carbons (Fsp3) is 0.980. The van der Waals surface area contributed by atoms with Crippen LogP contribution in [-0.2, 0) is 14.3 Å². The van der Waals surface area contributed by atoms with Gasteiger partial charge in [-0.05, 0) is 70.5 Å². The number of hydrogen-bond donors (Lipinski definition) is 0. The molecule has 0 saturated carbocycles. The van der Waals surface area contributed by atoms with Gasteiger partial charge >= 0.3 is 5.97 Å².